The van der Waals surface area contributed by atoms with Crippen LogP contribution in [0, 0.1) is 0 Å². The average molecular weight is 445 g/mol. The van der Waals surface area contributed by atoms with E-state index in [4.69, 9.17) is 4.74 Å². The molecule has 0 aliphatic carbocycles. The number of nitrogens with zero attached hydrogens (tertiary/aromatic N) is 4. The lowest BCUT2D eigenvalue weighted by atomic mass is 10.2. The largest absolute Gasteiger partial charge is 0.383 e. The molecule has 0 spiro atoms. The van der Waals surface area contributed by atoms with Gasteiger partial charge in [-0.1, -0.05) is 6.92 Å². The standard InChI is InChI=1S/C21H28N6O3S/c1-5-20-23-14-19(27(20)15(2)3)18-10-11-22-21(26-18)25-16-6-8-17(9-7-16)31(28,29)24-12-13-30-4/h6-11,14-15,24H,5,12-13H2,1-4H3,(H,22,25,26). The molecule has 0 aliphatic heterocycles. The van der Waals surface area contributed by atoms with Crippen molar-refractivity contribution < 1.29 is 13.2 Å². The molecule has 1 aromatic carbocycles. The van der Waals surface area contributed by atoms with E-state index in [1.807, 2.05) is 12.3 Å². The average Bonchev–Trinajstić information content (AvgIpc) is 3.19. The predicted molar refractivity (Wildman–Crippen MR) is 120 cm³/mol. The van der Waals surface area contributed by atoms with E-state index >= 15 is 0 Å². The number of aromatic nitrogens is 4. The van der Waals surface area contributed by atoms with E-state index < -0.39 is 10.0 Å². The second-order valence-electron chi connectivity index (χ2n) is 7.18. The second kappa shape index (κ2) is 9.99. The molecule has 166 valence electrons. The Labute approximate surface area is 183 Å². The predicted octanol–water partition coefficient (Wildman–Crippen LogP) is 3.15. The van der Waals surface area contributed by atoms with Gasteiger partial charge < -0.3 is 14.6 Å². The highest BCUT2D eigenvalue weighted by Crippen LogP contribution is 2.25. The molecule has 2 heterocycles. The maximum atomic E-state index is 12.3. The quantitative estimate of drug-likeness (QED) is 0.462. The summed E-state index contributed by atoms with van der Waals surface area (Å²) in [7, 11) is -2.06. The smallest absolute Gasteiger partial charge is 0.240 e. The van der Waals surface area contributed by atoms with Crippen molar-refractivity contribution in [3.05, 3.63) is 48.5 Å². The zero-order valence-electron chi connectivity index (χ0n) is 18.2. The first-order valence-electron chi connectivity index (χ1n) is 10.1. The van der Waals surface area contributed by atoms with Crippen LogP contribution in [-0.2, 0) is 21.2 Å². The Balaban J connectivity index is 1.79. The second-order valence-corrected chi connectivity index (χ2v) is 8.95. The lowest BCUT2D eigenvalue weighted by molar-refractivity contribution is 0.204. The molecule has 0 aliphatic rings. The fourth-order valence-corrected chi connectivity index (χ4v) is 4.21. The summed E-state index contributed by atoms with van der Waals surface area (Å²) >= 11 is 0. The van der Waals surface area contributed by atoms with Crippen molar-refractivity contribution in [1.82, 2.24) is 24.2 Å². The topological polar surface area (TPSA) is 111 Å². The van der Waals surface area contributed by atoms with Crippen LogP contribution < -0.4 is 10.0 Å². The van der Waals surface area contributed by atoms with Gasteiger partial charge in [-0.15, -0.1) is 0 Å². The van der Waals surface area contributed by atoms with E-state index in [1.165, 1.54) is 19.2 Å². The van der Waals surface area contributed by atoms with E-state index in [0.29, 0.717) is 18.2 Å². The van der Waals surface area contributed by atoms with Crippen molar-refractivity contribution in [2.75, 3.05) is 25.6 Å². The summed E-state index contributed by atoms with van der Waals surface area (Å²) in [6, 6.07) is 8.52. The molecule has 9 nitrogen and oxygen atoms in total. The molecule has 0 saturated carbocycles. The van der Waals surface area contributed by atoms with Crippen LogP contribution in [0.5, 0.6) is 0 Å². The fraction of sp³-hybridized carbons (Fsp3) is 0.381. The van der Waals surface area contributed by atoms with Crippen LogP contribution >= 0.6 is 0 Å². The lowest BCUT2D eigenvalue weighted by Gasteiger charge is -2.15. The normalized spacial score (nSPS) is 11.8. The van der Waals surface area contributed by atoms with Crippen molar-refractivity contribution in [3.8, 4) is 11.4 Å². The molecular formula is C21H28N6O3S. The number of ether oxygens (including phenoxy) is 1. The molecule has 31 heavy (non-hydrogen) atoms. The highest BCUT2D eigenvalue weighted by molar-refractivity contribution is 7.89. The van der Waals surface area contributed by atoms with Gasteiger partial charge in [-0.3, -0.25) is 0 Å². The first kappa shape index (κ1) is 22.9. The molecule has 2 aromatic heterocycles. The Kier molecular flexibility index (Phi) is 7.37. The van der Waals surface area contributed by atoms with E-state index in [1.54, 1.807) is 18.3 Å². The molecule has 0 unspecified atom stereocenters. The highest BCUT2D eigenvalue weighted by atomic mass is 32.2. The van der Waals surface area contributed by atoms with Crippen LogP contribution in [-0.4, -0.2) is 48.2 Å². The van der Waals surface area contributed by atoms with Gasteiger partial charge in [-0.25, -0.2) is 28.1 Å². The summed E-state index contributed by atoms with van der Waals surface area (Å²) in [5.41, 5.74) is 2.38. The maximum Gasteiger partial charge on any atom is 0.240 e. The number of hydrogen-bond acceptors (Lipinski definition) is 7. The monoisotopic (exact) mass is 444 g/mol. The summed E-state index contributed by atoms with van der Waals surface area (Å²) in [6.07, 6.45) is 4.36. The van der Waals surface area contributed by atoms with Crippen molar-refractivity contribution in [3.63, 3.8) is 0 Å². The first-order chi connectivity index (χ1) is 14.9. The Hall–Kier alpha value is -2.82. The third kappa shape index (κ3) is 5.46. The van der Waals surface area contributed by atoms with E-state index in [2.05, 4.69) is 50.3 Å². The number of nitrogens with one attached hydrogen (secondary N) is 2. The third-order valence-electron chi connectivity index (χ3n) is 4.64. The number of hydrogen-bond donors (Lipinski definition) is 2. The van der Waals surface area contributed by atoms with E-state index in [-0.39, 0.29) is 17.5 Å². The molecule has 10 heteroatoms. The summed E-state index contributed by atoms with van der Waals surface area (Å²) in [6.45, 7) is 6.83. The van der Waals surface area contributed by atoms with Crippen molar-refractivity contribution in [1.29, 1.82) is 0 Å². The fourth-order valence-electron chi connectivity index (χ4n) is 3.20. The van der Waals surface area contributed by atoms with Gasteiger partial charge in [0.05, 0.1) is 29.1 Å². The minimum Gasteiger partial charge on any atom is -0.383 e. The Morgan fingerprint density at radius 3 is 2.52 bits per heavy atom. The van der Waals surface area contributed by atoms with E-state index in [0.717, 1.165) is 23.6 Å². The van der Waals surface area contributed by atoms with Crippen LogP contribution in [0.1, 0.15) is 32.6 Å². The number of aryl methyl sites for hydroxylation is 1. The first-order valence-corrected chi connectivity index (χ1v) is 11.6. The zero-order valence-corrected chi connectivity index (χ0v) is 19.0. The van der Waals surface area contributed by atoms with Gasteiger partial charge in [0.2, 0.25) is 16.0 Å². The minimum absolute atomic E-state index is 0.178. The summed E-state index contributed by atoms with van der Waals surface area (Å²) in [5, 5.41) is 3.13. The summed E-state index contributed by atoms with van der Waals surface area (Å²) < 4.78 is 34.1. The van der Waals surface area contributed by atoms with Crippen LogP contribution in [0.2, 0.25) is 0 Å². The molecule has 0 fully saturated rings. The third-order valence-corrected chi connectivity index (χ3v) is 6.12. The minimum atomic E-state index is -3.58. The molecule has 2 N–H and O–H groups in total. The number of imidazole rings is 1. The molecular weight excluding hydrogens is 416 g/mol. The number of methoxy groups -OCH3 is 1. The maximum absolute atomic E-state index is 12.3. The number of benzene rings is 1. The molecule has 0 saturated heterocycles. The number of anilines is 2. The summed E-state index contributed by atoms with van der Waals surface area (Å²) in [5.74, 6) is 1.43. The van der Waals surface area contributed by atoms with Gasteiger partial charge in [0.15, 0.2) is 0 Å². The van der Waals surface area contributed by atoms with Gasteiger partial charge in [0, 0.05) is 38.0 Å². The SMILES string of the molecule is CCc1ncc(-c2ccnc(Nc3ccc(S(=O)(=O)NCCOC)cc3)n2)n1C(C)C. The zero-order chi connectivity index (χ0) is 22.4. The molecule has 3 rings (SSSR count). The van der Waals surface area contributed by atoms with Crippen molar-refractivity contribution in [2.45, 2.75) is 38.1 Å². The van der Waals surface area contributed by atoms with Crippen LogP contribution in [0.4, 0.5) is 11.6 Å². The Morgan fingerprint density at radius 1 is 1.13 bits per heavy atom. The van der Waals surface area contributed by atoms with Crippen LogP contribution in [0.25, 0.3) is 11.4 Å². The van der Waals surface area contributed by atoms with Crippen LogP contribution in [0.3, 0.4) is 0 Å². The summed E-state index contributed by atoms with van der Waals surface area (Å²) in [4.78, 5) is 13.6. The lowest BCUT2D eigenvalue weighted by Crippen LogP contribution is -2.27. The van der Waals surface area contributed by atoms with Crippen molar-refractivity contribution in [2.24, 2.45) is 0 Å². The molecule has 0 radical (unpaired) electrons. The van der Waals surface area contributed by atoms with Gasteiger partial charge in [-0.05, 0) is 44.2 Å². The Bertz CT molecular complexity index is 1110. The molecule has 0 amide bonds. The van der Waals surface area contributed by atoms with Gasteiger partial charge in [0.1, 0.15) is 5.82 Å². The van der Waals surface area contributed by atoms with Crippen molar-refractivity contribution >= 4 is 21.7 Å². The number of rotatable bonds is 10. The molecule has 0 atom stereocenters. The van der Waals surface area contributed by atoms with Crippen LogP contribution in [0.15, 0.2) is 47.6 Å². The molecule has 0 bridgehead atoms. The van der Waals surface area contributed by atoms with Gasteiger partial charge in [-0.2, -0.15) is 0 Å². The van der Waals surface area contributed by atoms with E-state index in [9.17, 15) is 8.42 Å². The van der Waals surface area contributed by atoms with Gasteiger partial charge in [0.25, 0.3) is 0 Å². The number of sulfonamides is 1. The Morgan fingerprint density at radius 2 is 1.87 bits per heavy atom. The van der Waals surface area contributed by atoms with Gasteiger partial charge >= 0.3 is 0 Å². The highest BCUT2D eigenvalue weighted by Gasteiger charge is 2.16. The molecule has 3 aromatic rings.